The summed E-state index contributed by atoms with van der Waals surface area (Å²) in [4.78, 5) is 52.1. The summed E-state index contributed by atoms with van der Waals surface area (Å²) in [6.07, 6.45) is 3.94. The second-order valence-electron chi connectivity index (χ2n) is 9.32. The summed E-state index contributed by atoms with van der Waals surface area (Å²) >= 11 is 6.16. The van der Waals surface area contributed by atoms with Crippen LogP contribution in [0, 0.1) is 0 Å². The normalized spacial score (nSPS) is 15.7. The first-order valence-corrected chi connectivity index (χ1v) is 13.5. The van der Waals surface area contributed by atoms with Crippen molar-refractivity contribution in [3.63, 3.8) is 0 Å². The lowest BCUT2D eigenvalue weighted by Gasteiger charge is -2.26. The number of amides is 3. The average molecular weight is 599 g/mol. The number of halogens is 1. The van der Waals surface area contributed by atoms with Gasteiger partial charge in [-0.3, -0.25) is 19.3 Å². The molecule has 15 heteroatoms. The third kappa shape index (κ3) is 9.01. The molecule has 1 saturated heterocycles. The number of benzene rings is 2. The van der Waals surface area contributed by atoms with Crippen LogP contribution in [-0.4, -0.2) is 85.5 Å². The zero-order chi connectivity index (χ0) is 29.9. The lowest BCUT2D eigenvalue weighted by molar-refractivity contribution is -0.128. The Morgan fingerprint density at radius 3 is 2.57 bits per heavy atom. The molecule has 1 atom stereocenters. The number of carbonyl (C=O) groups is 4. The molecule has 0 radical (unpaired) electrons. The summed E-state index contributed by atoms with van der Waals surface area (Å²) in [5.41, 5.74) is 6.98. The van der Waals surface area contributed by atoms with Gasteiger partial charge in [0, 0.05) is 48.5 Å². The second kappa shape index (κ2) is 14.9. The van der Waals surface area contributed by atoms with Gasteiger partial charge in [-0.05, 0) is 48.5 Å². The number of carbonyl (C=O) groups excluding carboxylic acids is 3. The van der Waals surface area contributed by atoms with E-state index in [1.807, 2.05) is 0 Å². The van der Waals surface area contributed by atoms with Crippen LogP contribution in [0.3, 0.4) is 0 Å². The maximum Gasteiger partial charge on any atom is 0.335 e. The molecule has 6 N–H and O–H groups in total. The topological polar surface area (TPSA) is 177 Å². The highest BCUT2D eigenvalue weighted by Crippen LogP contribution is 2.24. The zero-order valence-electron chi connectivity index (χ0n) is 22.5. The Hall–Kier alpha value is -4.50. The number of nitrogens with one attached hydrogen (secondary N) is 5. The van der Waals surface area contributed by atoms with Gasteiger partial charge in [-0.2, -0.15) is 5.10 Å². The Balaban J connectivity index is 1.42. The van der Waals surface area contributed by atoms with Crippen LogP contribution in [0.4, 0.5) is 11.4 Å². The van der Waals surface area contributed by atoms with Crippen molar-refractivity contribution in [1.82, 2.24) is 26.6 Å². The van der Waals surface area contributed by atoms with Crippen molar-refractivity contribution >= 4 is 59.1 Å². The van der Waals surface area contributed by atoms with E-state index in [1.165, 1.54) is 42.8 Å². The summed E-state index contributed by atoms with van der Waals surface area (Å²) in [5.74, 6) is -2.79. The molecule has 0 saturated carbocycles. The third-order valence-electron chi connectivity index (χ3n) is 6.35. The van der Waals surface area contributed by atoms with Gasteiger partial charge in [0.25, 0.3) is 0 Å². The Morgan fingerprint density at radius 1 is 1.12 bits per heavy atom. The Bertz CT molecular complexity index is 1350. The van der Waals surface area contributed by atoms with Gasteiger partial charge in [-0.25, -0.2) is 15.3 Å². The van der Waals surface area contributed by atoms with Gasteiger partial charge in [0.05, 0.1) is 30.9 Å². The minimum atomic E-state index is -1.22. The fourth-order valence-corrected chi connectivity index (χ4v) is 4.34. The van der Waals surface area contributed by atoms with Crippen LogP contribution < -0.4 is 32.0 Å². The number of carboxylic acids is 1. The van der Waals surface area contributed by atoms with E-state index in [0.717, 1.165) is 13.1 Å². The molecule has 0 aliphatic carbocycles. The second-order valence-corrected chi connectivity index (χ2v) is 9.75. The van der Waals surface area contributed by atoms with E-state index in [-0.39, 0.29) is 12.0 Å². The monoisotopic (exact) mass is 598 g/mol. The number of rotatable bonds is 12. The van der Waals surface area contributed by atoms with Crippen LogP contribution in [0.25, 0.3) is 6.08 Å². The SMILES string of the molecule is O=C(/C=C/c1cc(Cl)ccc1N1C=NNN1)N[C@@H](CC(=O)NCCN1CCOCC1)C(=O)Nc1ccc(C(=O)O)cc1. The molecule has 42 heavy (non-hydrogen) atoms. The first-order valence-electron chi connectivity index (χ1n) is 13.1. The number of anilines is 2. The molecule has 0 aromatic heterocycles. The van der Waals surface area contributed by atoms with Crippen LogP contribution >= 0.6 is 11.6 Å². The number of hydrazine groups is 2. The lowest BCUT2D eigenvalue weighted by Crippen LogP contribution is -2.47. The van der Waals surface area contributed by atoms with E-state index in [9.17, 15) is 19.2 Å². The van der Waals surface area contributed by atoms with E-state index in [1.54, 1.807) is 23.2 Å². The Labute approximate surface area is 246 Å². The molecular formula is C27H31ClN8O6. The van der Waals surface area contributed by atoms with Gasteiger partial charge in [0.2, 0.25) is 17.7 Å². The van der Waals surface area contributed by atoms with Crippen molar-refractivity contribution in [2.75, 3.05) is 49.7 Å². The number of morpholine rings is 1. The highest BCUT2D eigenvalue weighted by molar-refractivity contribution is 6.30. The highest BCUT2D eigenvalue weighted by atomic mass is 35.5. The summed E-state index contributed by atoms with van der Waals surface area (Å²) < 4.78 is 5.33. The molecule has 2 aromatic rings. The minimum Gasteiger partial charge on any atom is -0.478 e. The number of nitrogens with zero attached hydrogens (tertiary/aromatic N) is 3. The molecule has 1 fully saturated rings. The van der Waals surface area contributed by atoms with E-state index in [2.05, 4.69) is 37.0 Å². The van der Waals surface area contributed by atoms with Gasteiger partial charge in [0.15, 0.2) is 0 Å². The van der Waals surface area contributed by atoms with Gasteiger partial charge in [0.1, 0.15) is 12.4 Å². The molecule has 2 aliphatic rings. The number of hydrogen-bond acceptors (Lipinski definition) is 10. The molecule has 14 nitrogen and oxygen atoms in total. The fraction of sp³-hybridized carbons (Fsp3) is 0.296. The molecule has 222 valence electrons. The zero-order valence-corrected chi connectivity index (χ0v) is 23.3. The summed E-state index contributed by atoms with van der Waals surface area (Å²) in [5, 5.41) is 23.0. The average Bonchev–Trinajstić information content (AvgIpc) is 3.51. The quantitative estimate of drug-likeness (QED) is 0.191. The minimum absolute atomic E-state index is 0.0502. The number of ether oxygens (including phenoxy) is 1. The lowest BCUT2D eigenvalue weighted by atomic mass is 10.1. The van der Waals surface area contributed by atoms with E-state index < -0.39 is 29.7 Å². The van der Waals surface area contributed by atoms with Crippen molar-refractivity contribution in [2.45, 2.75) is 12.5 Å². The molecule has 0 spiro atoms. The predicted octanol–water partition coefficient (Wildman–Crippen LogP) is 0.786. The molecule has 2 heterocycles. The number of carboxylic acid groups (broad SMARTS) is 1. The fourth-order valence-electron chi connectivity index (χ4n) is 4.15. The van der Waals surface area contributed by atoms with Gasteiger partial charge in [-0.1, -0.05) is 11.6 Å². The van der Waals surface area contributed by atoms with Crippen molar-refractivity contribution in [1.29, 1.82) is 0 Å². The number of hydrogen-bond donors (Lipinski definition) is 6. The number of aromatic carboxylic acids is 1. The van der Waals surface area contributed by atoms with E-state index >= 15 is 0 Å². The van der Waals surface area contributed by atoms with Crippen LogP contribution in [0.15, 0.2) is 53.6 Å². The van der Waals surface area contributed by atoms with Crippen molar-refractivity contribution in [3.05, 3.63) is 64.7 Å². The largest absolute Gasteiger partial charge is 0.478 e. The third-order valence-corrected chi connectivity index (χ3v) is 6.58. The van der Waals surface area contributed by atoms with E-state index in [4.69, 9.17) is 21.4 Å². The molecule has 0 unspecified atom stereocenters. The molecular weight excluding hydrogens is 568 g/mol. The molecule has 4 rings (SSSR count). The number of hydrazone groups is 1. The first kappa shape index (κ1) is 30.5. The highest BCUT2D eigenvalue weighted by Gasteiger charge is 2.24. The summed E-state index contributed by atoms with van der Waals surface area (Å²) in [7, 11) is 0. The first-order chi connectivity index (χ1) is 20.3. The summed E-state index contributed by atoms with van der Waals surface area (Å²) in [6.45, 7) is 3.83. The Kier molecular flexibility index (Phi) is 10.8. The van der Waals surface area contributed by atoms with Crippen molar-refractivity contribution in [2.24, 2.45) is 5.10 Å². The molecule has 3 amide bonds. The smallest absolute Gasteiger partial charge is 0.335 e. The molecule has 2 aromatic carbocycles. The van der Waals surface area contributed by atoms with Crippen LogP contribution in [0.2, 0.25) is 5.02 Å². The van der Waals surface area contributed by atoms with Crippen LogP contribution in [-0.2, 0) is 19.1 Å². The van der Waals surface area contributed by atoms with Gasteiger partial charge < -0.3 is 25.8 Å². The maximum atomic E-state index is 13.1. The van der Waals surface area contributed by atoms with Crippen molar-refractivity contribution in [3.8, 4) is 0 Å². The van der Waals surface area contributed by atoms with Crippen LogP contribution in [0.1, 0.15) is 22.3 Å². The predicted molar refractivity (Wildman–Crippen MR) is 157 cm³/mol. The van der Waals surface area contributed by atoms with E-state index in [0.29, 0.717) is 48.3 Å². The maximum absolute atomic E-state index is 13.1. The standard InChI is InChI=1S/C27H31ClN8O6/c28-20-4-7-23(36-17-30-33-34-36)19(15-20)3-8-24(37)32-22(16-25(38)29-9-10-35-11-13-42-14-12-35)26(39)31-21-5-1-18(2-6-21)27(40)41/h1-8,15,17,22,33-34H,9-14,16H2,(H,29,38)(H,31,39)(H,32,37)(H,40,41)/b8-3+/t22-/m0/s1. The molecule has 2 aliphatic heterocycles. The van der Waals surface area contributed by atoms with Gasteiger partial charge in [-0.15, -0.1) is 5.53 Å². The van der Waals surface area contributed by atoms with Gasteiger partial charge >= 0.3 is 5.97 Å². The Morgan fingerprint density at radius 2 is 1.88 bits per heavy atom. The summed E-state index contributed by atoms with van der Waals surface area (Å²) in [6, 6.07) is 9.38. The van der Waals surface area contributed by atoms with Crippen LogP contribution in [0.5, 0.6) is 0 Å². The molecule has 0 bridgehead atoms. The van der Waals surface area contributed by atoms with Crippen molar-refractivity contribution < 1.29 is 29.0 Å².